The normalized spacial score (nSPS) is 20.7. The first-order chi connectivity index (χ1) is 15.9. The van der Waals surface area contributed by atoms with Crippen LogP contribution in [0, 0.1) is 5.41 Å². The number of fused-ring (bicyclic) bond motifs is 1. The molecule has 7 nitrogen and oxygen atoms in total. The lowest BCUT2D eigenvalue weighted by Gasteiger charge is -2.32. The number of benzene rings is 1. The zero-order chi connectivity index (χ0) is 23.1. The van der Waals surface area contributed by atoms with Gasteiger partial charge in [-0.05, 0) is 55.9 Å². The minimum Gasteiger partial charge on any atom is -0.347 e. The van der Waals surface area contributed by atoms with Gasteiger partial charge in [-0.2, -0.15) is 0 Å². The lowest BCUT2D eigenvalue weighted by molar-refractivity contribution is -0.123. The van der Waals surface area contributed by atoms with E-state index in [1.165, 1.54) is 36.1 Å². The molecular formula is C25H31ClN4O3S. The molecule has 1 unspecified atom stereocenters. The van der Waals surface area contributed by atoms with Crippen LogP contribution in [0.3, 0.4) is 0 Å². The van der Waals surface area contributed by atoms with Crippen molar-refractivity contribution in [2.24, 2.45) is 5.41 Å². The van der Waals surface area contributed by atoms with E-state index in [1.807, 2.05) is 6.92 Å². The average molecular weight is 503 g/mol. The molecule has 0 radical (unpaired) electrons. The molecule has 5 rings (SSSR count). The lowest BCUT2D eigenvalue weighted by atomic mass is 9.72. The van der Waals surface area contributed by atoms with Crippen LogP contribution in [0.15, 0.2) is 59.8 Å². The van der Waals surface area contributed by atoms with Crippen LogP contribution in [-0.2, 0) is 14.8 Å². The molecule has 3 heterocycles. The smallest absolute Gasteiger partial charge is 0.268 e. The molecule has 2 aliphatic rings. The number of rotatable bonds is 5. The van der Waals surface area contributed by atoms with Crippen LogP contribution in [0.1, 0.15) is 57.2 Å². The number of pyridine rings is 1. The predicted molar refractivity (Wildman–Crippen MR) is 134 cm³/mol. The second-order valence-corrected chi connectivity index (χ2v) is 11.3. The van der Waals surface area contributed by atoms with E-state index >= 15 is 0 Å². The van der Waals surface area contributed by atoms with Crippen molar-refractivity contribution in [3.8, 4) is 0 Å². The summed E-state index contributed by atoms with van der Waals surface area (Å²) in [5.41, 5.74) is 1.30. The number of halogens is 1. The number of hydrogen-bond donors (Lipinski definition) is 2. The Hall–Kier alpha value is -2.42. The number of amides is 1. The first kappa shape index (κ1) is 24.7. The van der Waals surface area contributed by atoms with Gasteiger partial charge in [0.15, 0.2) is 0 Å². The highest BCUT2D eigenvalue weighted by atomic mass is 35.5. The Bertz CT molecular complexity index is 1270. The first-order valence-electron chi connectivity index (χ1n) is 11.7. The topological polar surface area (TPSA) is 93.1 Å². The summed E-state index contributed by atoms with van der Waals surface area (Å²) in [5.74, 6) is -0.0722. The van der Waals surface area contributed by atoms with Crippen LogP contribution in [0.25, 0.3) is 10.9 Å². The highest BCUT2D eigenvalue weighted by molar-refractivity contribution is 7.90. The zero-order valence-corrected chi connectivity index (χ0v) is 20.9. The number of nitrogens with one attached hydrogen (secondary N) is 2. The second-order valence-electron chi connectivity index (χ2n) is 9.51. The molecule has 1 spiro atoms. The van der Waals surface area contributed by atoms with Crippen molar-refractivity contribution in [1.29, 1.82) is 0 Å². The minimum absolute atomic E-state index is 0. The Labute approximate surface area is 206 Å². The Morgan fingerprint density at radius 1 is 1.18 bits per heavy atom. The molecule has 1 aromatic carbocycles. The van der Waals surface area contributed by atoms with E-state index in [0.717, 1.165) is 13.0 Å². The molecule has 0 bridgehead atoms. The molecule has 1 saturated carbocycles. The molecule has 9 heteroatoms. The number of nitrogens with zero attached hydrogens (tertiary/aromatic N) is 2. The van der Waals surface area contributed by atoms with Crippen LogP contribution < -0.4 is 10.6 Å². The SMILES string of the molecule is CC(NC(=O)[C@@H]1CC2(CCCCC2)CN1)c1cc2cnccc2n1S(=O)(=O)c1ccccc1.Cl. The number of aromatic nitrogens is 2. The van der Waals surface area contributed by atoms with E-state index in [4.69, 9.17) is 0 Å². The molecule has 2 aromatic heterocycles. The Balaban J connectivity index is 0.00000274. The van der Waals surface area contributed by atoms with Gasteiger partial charge in [-0.3, -0.25) is 9.78 Å². The highest BCUT2D eigenvalue weighted by Crippen LogP contribution is 2.43. The fourth-order valence-corrected chi connectivity index (χ4v) is 7.12. The number of hydrogen-bond acceptors (Lipinski definition) is 5. The fraction of sp³-hybridized carbons (Fsp3) is 0.440. The van der Waals surface area contributed by atoms with Gasteiger partial charge in [0.2, 0.25) is 5.91 Å². The maximum absolute atomic E-state index is 13.6. The van der Waals surface area contributed by atoms with Gasteiger partial charge in [0, 0.05) is 24.3 Å². The van der Waals surface area contributed by atoms with Gasteiger partial charge in [0.05, 0.1) is 28.2 Å². The van der Waals surface area contributed by atoms with Crippen molar-refractivity contribution in [2.45, 2.75) is 62.4 Å². The molecule has 2 N–H and O–H groups in total. The second kappa shape index (κ2) is 9.68. The molecule has 34 heavy (non-hydrogen) atoms. The van der Waals surface area contributed by atoms with E-state index < -0.39 is 16.1 Å². The summed E-state index contributed by atoms with van der Waals surface area (Å²) >= 11 is 0. The van der Waals surface area contributed by atoms with Gasteiger partial charge in [0.1, 0.15) is 0 Å². The highest BCUT2D eigenvalue weighted by Gasteiger charge is 2.42. The summed E-state index contributed by atoms with van der Waals surface area (Å²) in [6.45, 7) is 2.72. The summed E-state index contributed by atoms with van der Waals surface area (Å²) in [5, 5.41) is 7.22. The van der Waals surface area contributed by atoms with Crippen molar-refractivity contribution in [2.75, 3.05) is 6.54 Å². The maximum Gasteiger partial charge on any atom is 0.268 e. The third-order valence-electron chi connectivity index (χ3n) is 7.26. The van der Waals surface area contributed by atoms with Crippen molar-refractivity contribution < 1.29 is 13.2 Å². The molecule has 3 aromatic rings. The first-order valence-corrected chi connectivity index (χ1v) is 13.1. The van der Waals surface area contributed by atoms with Gasteiger partial charge in [0.25, 0.3) is 10.0 Å². The summed E-state index contributed by atoms with van der Waals surface area (Å²) < 4.78 is 28.5. The molecule has 182 valence electrons. The molecule has 2 fully saturated rings. The van der Waals surface area contributed by atoms with Gasteiger partial charge < -0.3 is 10.6 Å². The largest absolute Gasteiger partial charge is 0.347 e. The molecule has 1 amide bonds. The third kappa shape index (κ3) is 4.46. The van der Waals surface area contributed by atoms with Crippen molar-refractivity contribution in [1.82, 2.24) is 19.6 Å². The van der Waals surface area contributed by atoms with Gasteiger partial charge in [-0.1, -0.05) is 37.5 Å². The van der Waals surface area contributed by atoms with Gasteiger partial charge in [-0.25, -0.2) is 12.4 Å². The summed E-state index contributed by atoms with van der Waals surface area (Å²) in [6, 6.07) is 11.1. The monoisotopic (exact) mass is 502 g/mol. The van der Waals surface area contributed by atoms with Crippen LogP contribution >= 0.6 is 12.4 Å². The van der Waals surface area contributed by atoms with Crippen LogP contribution in [-0.4, -0.2) is 35.9 Å². The zero-order valence-electron chi connectivity index (χ0n) is 19.2. The van der Waals surface area contributed by atoms with Crippen molar-refractivity contribution in [3.05, 3.63) is 60.6 Å². The molecule has 1 aliphatic carbocycles. The van der Waals surface area contributed by atoms with E-state index in [0.29, 0.717) is 16.6 Å². The Morgan fingerprint density at radius 2 is 1.91 bits per heavy atom. The number of carbonyl (C=O) groups is 1. The van der Waals surface area contributed by atoms with E-state index in [1.54, 1.807) is 54.9 Å². The molecule has 1 saturated heterocycles. The quantitative estimate of drug-likeness (QED) is 0.545. The molecular weight excluding hydrogens is 472 g/mol. The van der Waals surface area contributed by atoms with E-state index in [2.05, 4.69) is 15.6 Å². The van der Waals surface area contributed by atoms with Gasteiger partial charge >= 0.3 is 0 Å². The summed E-state index contributed by atoms with van der Waals surface area (Å²) in [4.78, 5) is 17.5. The Kier molecular flexibility index (Phi) is 7.03. The average Bonchev–Trinajstić information content (AvgIpc) is 3.42. The van der Waals surface area contributed by atoms with Crippen LogP contribution in [0.4, 0.5) is 0 Å². The number of carbonyl (C=O) groups excluding carboxylic acids is 1. The van der Waals surface area contributed by atoms with Crippen molar-refractivity contribution >= 4 is 39.2 Å². The maximum atomic E-state index is 13.6. The minimum atomic E-state index is -3.85. The van der Waals surface area contributed by atoms with Crippen LogP contribution in [0.5, 0.6) is 0 Å². The van der Waals surface area contributed by atoms with Crippen molar-refractivity contribution in [3.63, 3.8) is 0 Å². The van der Waals surface area contributed by atoms with E-state index in [-0.39, 0.29) is 34.7 Å². The molecule has 2 atom stereocenters. The summed E-state index contributed by atoms with van der Waals surface area (Å²) in [7, 11) is -3.85. The van der Waals surface area contributed by atoms with Gasteiger partial charge in [-0.15, -0.1) is 12.4 Å². The summed E-state index contributed by atoms with van der Waals surface area (Å²) in [6.07, 6.45) is 10.2. The fourth-order valence-electron chi connectivity index (χ4n) is 5.49. The molecule has 1 aliphatic heterocycles. The Morgan fingerprint density at radius 3 is 2.65 bits per heavy atom. The standard InChI is InChI=1S/C25H30N4O3S.ClH/c1-18(28-24(30)21-15-25(17-27-21)11-6-3-7-12-25)23-14-19-16-26-13-10-22(19)29(23)33(31,32)20-8-4-2-5-9-20;/h2,4-5,8-10,13-14,16,18,21,27H,3,6-7,11-12,15,17H2,1H3,(H,28,30);1H/t18?,21-;/m0./s1. The third-order valence-corrected chi connectivity index (χ3v) is 9.02. The van der Waals surface area contributed by atoms with E-state index in [9.17, 15) is 13.2 Å². The lowest BCUT2D eigenvalue weighted by Crippen LogP contribution is -2.42. The predicted octanol–water partition coefficient (Wildman–Crippen LogP) is 4.18. The van der Waals surface area contributed by atoms with Crippen LogP contribution in [0.2, 0.25) is 0 Å².